The molecule has 0 fully saturated rings. The fourth-order valence-corrected chi connectivity index (χ4v) is 3.20. The number of rotatable bonds is 4. The van der Waals surface area contributed by atoms with Gasteiger partial charge in [0, 0.05) is 14.3 Å². The van der Waals surface area contributed by atoms with Crippen molar-refractivity contribution in [3.8, 4) is 0 Å². The van der Waals surface area contributed by atoms with Gasteiger partial charge in [-0.25, -0.2) is 9.59 Å². The van der Waals surface area contributed by atoms with Gasteiger partial charge in [-0.05, 0) is 58.4 Å². The summed E-state index contributed by atoms with van der Waals surface area (Å²) in [7, 11) is 1.34. The van der Waals surface area contributed by atoms with E-state index < -0.39 is 5.97 Å². The largest absolute Gasteiger partial charge is 0.478 e. The van der Waals surface area contributed by atoms with Crippen molar-refractivity contribution < 1.29 is 19.4 Å². The van der Waals surface area contributed by atoms with Crippen LogP contribution in [0.2, 0.25) is 0 Å². The zero-order chi connectivity index (χ0) is 15.4. The van der Waals surface area contributed by atoms with Gasteiger partial charge in [0.1, 0.15) is 0 Å². The van der Waals surface area contributed by atoms with E-state index in [9.17, 15) is 9.59 Å². The Hall–Kier alpha value is -1.79. The molecule has 0 saturated heterocycles. The summed E-state index contributed by atoms with van der Waals surface area (Å²) in [5.74, 6) is -1.35. The molecule has 2 aromatic rings. The number of methoxy groups -OCH3 is 1. The maximum absolute atomic E-state index is 11.3. The molecule has 0 aromatic heterocycles. The number of carbonyl (C=O) groups is 2. The fourth-order valence-electron chi connectivity index (χ4n) is 1.65. The highest BCUT2D eigenvalue weighted by atomic mass is 79.9. The van der Waals surface area contributed by atoms with Gasteiger partial charge in [0.25, 0.3) is 0 Å². The summed E-state index contributed by atoms with van der Waals surface area (Å²) in [5.41, 5.74) is 0.713. The zero-order valence-corrected chi connectivity index (χ0v) is 13.4. The van der Waals surface area contributed by atoms with E-state index in [1.165, 1.54) is 18.9 Å². The molecular weight excluding hydrogens is 356 g/mol. The van der Waals surface area contributed by atoms with Crippen LogP contribution in [0.3, 0.4) is 0 Å². The van der Waals surface area contributed by atoms with E-state index in [4.69, 9.17) is 5.11 Å². The van der Waals surface area contributed by atoms with E-state index in [1.54, 1.807) is 30.3 Å². The van der Waals surface area contributed by atoms with E-state index in [2.05, 4.69) is 20.7 Å². The van der Waals surface area contributed by atoms with Crippen LogP contribution in [-0.2, 0) is 4.74 Å². The van der Waals surface area contributed by atoms with Crippen LogP contribution in [0, 0.1) is 0 Å². The first-order valence-corrected chi connectivity index (χ1v) is 7.51. The van der Waals surface area contributed by atoms with E-state index in [0.29, 0.717) is 10.0 Å². The van der Waals surface area contributed by atoms with Crippen molar-refractivity contribution in [1.29, 1.82) is 0 Å². The Labute approximate surface area is 134 Å². The normalized spacial score (nSPS) is 10.2. The third-order valence-electron chi connectivity index (χ3n) is 2.68. The highest BCUT2D eigenvalue weighted by Gasteiger charge is 2.09. The minimum absolute atomic E-state index is 0.223. The zero-order valence-electron chi connectivity index (χ0n) is 11.0. The van der Waals surface area contributed by atoms with Crippen molar-refractivity contribution in [2.24, 2.45) is 0 Å². The molecular formula is C15H11BrO4S. The minimum atomic E-state index is -0.971. The standard InChI is InChI=1S/C15H11BrO4S/c1-20-15(19)9-2-4-10(5-3-9)21-11-6-7-12(14(17)18)13(16)8-11/h2-8H,1H3,(H,17,18). The van der Waals surface area contributed by atoms with Crippen molar-refractivity contribution in [3.63, 3.8) is 0 Å². The monoisotopic (exact) mass is 366 g/mol. The molecule has 6 heteroatoms. The Morgan fingerprint density at radius 1 is 1.10 bits per heavy atom. The number of hydrogen-bond acceptors (Lipinski definition) is 4. The summed E-state index contributed by atoms with van der Waals surface area (Å²) in [6, 6.07) is 12.1. The van der Waals surface area contributed by atoms with Gasteiger partial charge in [-0.3, -0.25) is 0 Å². The molecule has 0 aliphatic heterocycles. The molecule has 21 heavy (non-hydrogen) atoms. The number of aromatic carboxylic acids is 1. The topological polar surface area (TPSA) is 63.6 Å². The number of carbonyl (C=O) groups excluding carboxylic acids is 1. The third-order valence-corrected chi connectivity index (χ3v) is 4.34. The molecule has 0 aliphatic rings. The van der Waals surface area contributed by atoms with Gasteiger partial charge in [0.2, 0.25) is 0 Å². The number of carboxylic acids is 1. The Bertz CT molecular complexity index is 683. The summed E-state index contributed by atoms with van der Waals surface area (Å²) >= 11 is 4.72. The van der Waals surface area contributed by atoms with Crippen LogP contribution in [-0.4, -0.2) is 24.2 Å². The predicted octanol–water partition coefficient (Wildman–Crippen LogP) is 4.09. The Morgan fingerprint density at radius 2 is 1.71 bits per heavy atom. The molecule has 4 nitrogen and oxygen atoms in total. The summed E-state index contributed by atoms with van der Waals surface area (Å²) in [5, 5.41) is 8.97. The first-order chi connectivity index (χ1) is 10.0. The van der Waals surface area contributed by atoms with Crippen LogP contribution in [0.4, 0.5) is 0 Å². The summed E-state index contributed by atoms with van der Waals surface area (Å²) in [6.45, 7) is 0. The number of hydrogen-bond donors (Lipinski definition) is 1. The van der Waals surface area contributed by atoms with Crippen molar-refractivity contribution in [1.82, 2.24) is 0 Å². The van der Waals surface area contributed by atoms with Gasteiger partial charge in [0.05, 0.1) is 18.2 Å². The molecule has 1 N–H and O–H groups in total. The van der Waals surface area contributed by atoms with Gasteiger partial charge in [0.15, 0.2) is 0 Å². The van der Waals surface area contributed by atoms with E-state index in [0.717, 1.165) is 9.79 Å². The van der Waals surface area contributed by atoms with Crippen LogP contribution in [0.5, 0.6) is 0 Å². The van der Waals surface area contributed by atoms with Crippen molar-refractivity contribution in [3.05, 3.63) is 58.1 Å². The number of benzene rings is 2. The molecule has 0 bridgehead atoms. The average molecular weight is 367 g/mol. The first-order valence-electron chi connectivity index (χ1n) is 5.90. The maximum Gasteiger partial charge on any atom is 0.337 e. The lowest BCUT2D eigenvalue weighted by Gasteiger charge is -2.05. The lowest BCUT2D eigenvalue weighted by Crippen LogP contribution is -2.00. The molecule has 0 radical (unpaired) electrons. The molecule has 0 atom stereocenters. The molecule has 108 valence electrons. The third kappa shape index (κ3) is 3.86. The van der Waals surface area contributed by atoms with Crippen LogP contribution in [0.15, 0.2) is 56.7 Å². The van der Waals surface area contributed by atoms with Gasteiger partial charge < -0.3 is 9.84 Å². The lowest BCUT2D eigenvalue weighted by molar-refractivity contribution is 0.0599. The average Bonchev–Trinajstić information content (AvgIpc) is 2.47. The van der Waals surface area contributed by atoms with Crippen molar-refractivity contribution in [2.45, 2.75) is 9.79 Å². The van der Waals surface area contributed by atoms with E-state index >= 15 is 0 Å². The molecule has 2 aromatic carbocycles. The summed E-state index contributed by atoms with van der Waals surface area (Å²) in [6.07, 6.45) is 0. The van der Waals surface area contributed by atoms with Crippen molar-refractivity contribution >= 4 is 39.6 Å². The van der Waals surface area contributed by atoms with Crippen LogP contribution in [0.25, 0.3) is 0 Å². The summed E-state index contributed by atoms with van der Waals surface area (Å²) < 4.78 is 5.17. The highest BCUT2D eigenvalue weighted by molar-refractivity contribution is 9.10. The van der Waals surface area contributed by atoms with Gasteiger partial charge >= 0.3 is 11.9 Å². The van der Waals surface area contributed by atoms with Gasteiger partial charge in [-0.1, -0.05) is 11.8 Å². The second-order valence-electron chi connectivity index (χ2n) is 4.06. The van der Waals surface area contributed by atoms with Crippen LogP contribution >= 0.6 is 27.7 Å². The van der Waals surface area contributed by atoms with Crippen LogP contribution < -0.4 is 0 Å². The maximum atomic E-state index is 11.3. The number of ether oxygens (including phenoxy) is 1. The van der Waals surface area contributed by atoms with E-state index in [1.807, 2.05) is 12.1 Å². The number of halogens is 1. The second-order valence-corrected chi connectivity index (χ2v) is 6.07. The molecule has 0 spiro atoms. The highest BCUT2D eigenvalue weighted by Crippen LogP contribution is 2.31. The second kappa shape index (κ2) is 6.78. The number of esters is 1. The van der Waals surface area contributed by atoms with E-state index in [-0.39, 0.29) is 11.5 Å². The van der Waals surface area contributed by atoms with Crippen LogP contribution in [0.1, 0.15) is 20.7 Å². The fraction of sp³-hybridized carbons (Fsp3) is 0.0667. The Kier molecular flexibility index (Phi) is 5.03. The summed E-state index contributed by atoms with van der Waals surface area (Å²) in [4.78, 5) is 24.1. The van der Waals surface area contributed by atoms with Gasteiger partial charge in [-0.2, -0.15) is 0 Å². The minimum Gasteiger partial charge on any atom is -0.478 e. The SMILES string of the molecule is COC(=O)c1ccc(Sc2ccc(C(=O)O)c(Br)c2)cc1. The molecule has 0 amide bonds. The molecule has 0 unspecified atom stereocenters. The molecule has 0 saturated carbocycles. The van der Waals surface area contributed by atoms with Crippen molar-refractivity contribution in [2.75, 3.05) is 7.11 Å². The van der Waals surface area contributed by atoms with Gasteiger partial charge in [-0.15, -0.1) is 0 Å². The Morgan fingerprint density at radius 3 is 2.24 bits per heavy atom. The lowest BCUT2D eigenvalue weighted by atomic mass is 10.2. The number of carboxylic acid groups (broad SMARTS) is 1. The smallest absolute Gasteiger partial charge is 0.337 e. The molecule has 0 heterocycles. The quantitative estimate of drug-likeness (QED) is 0.825. The molecule has 0 aliphatic carbocycles. The molecule has 2 rings (SSSR count). The first kappa shape index (κ1) is 15.6. The predicted molar refractivity (Wildman–Crippen MR) is 83.0 cm³/mol. The Balaban J connectivity index is 2.17.